The highest BCUT2D eigenvalue weighted by Crippen LogP contribution is 2.35. The Labute approximate surface area is 218 Å². The van der Waals surface area contributed by atoms with Crippen molar-refractivity contribution in [1.29, 1.82) is 0 Å². The number of hydrogen-bond acceptors (Lipinski definition) is 10. The van der Waals surface area contributed by atoms with Crippen molar-refractivity contribution >= 4 is 28.0 Å². The van der Waals surface area contributed by atoms with E-state index < -0.39 is 28.1 Å². The Morgan fingerprint density at radius 3 is 2.45 bits per heavy atom. The van der Waals surface area contributed by atoms with Gasteiger partial charge in [0.2, 0.25) is 16.1 Å². The summed E-state index contributed by atoms with van der Waals surface area (Å²) in [7, 11) is -3.80. The number of benzene rings is 2. The van der Waals surface area contributed by atoms with E-state index in [0.717, 1.165) is 0 Å². The fraction of sp³-hybridized carbons (Fsp3) is 0.333. The highest BCUT2D eigenvalue weighted by atomic mass is 32.2. The lowest BCUT2D eigenvalue weighted by atomic mass is 10.2. The standard InChI is InChI=1S/C24H25N5O8S/c1-2-34-24(31)28-11-13-29(14-12-28)38(32,33)17-9-7-16(8-10-17)21(30)25-23-27-26-22(37-23)20-15-35-18-5-3-4-6-19(18)36-20/h3-10,20H,2,11-15H2,1H3,(H,25,27,30). The van der Waals surface area contributed by atoms with Crippen molar-refractivity contribution in [1.82, 2.24) is 19.4 Å². The van der Waals surface area contributed by atoms with Crippen molar-refractivity contribution in [2.75, 3.05) is 44.7 Å². The summed E-state index contributed by atoms with van der Waals surface area (Å²) in [6.07, 6.45) is -1.09. The zero-order valence-corrected chi connectivity index (χ0v) is 21.2. The van der Waals surface area contributed by atoms with E-state index in [1.165, 1.54) is 33.5 Å². The van der Waals surface area contributed by atoms with Crippen LogP contribution in [-0.4, -0.2) is 79.2 Å². The molecule has 38 heavy (non-hydrogen) atoms. The van der Waals surface area contributed by atoms with Gasteiger partial charge in [-0.05, 0) is 43.3 Å². The second-order valence-corrected chi connectivity index (χ2v) is 10.3. The van der Waals surface area contributed by atoms with Gasteiger partial charge < -0.3 is 23.5 Å². The van der Waals surface area contributed by atoms with Gasteiger partial charge in [0.15, 0.2) is 11.5 Å². The Bertz CT molecular complexity index is 1420. The number of amides is 2. The number of anilines is 1. The smallest absolute Gasteiger partial charge is 0.409 e. The molecule has 200 valence electrons. The maximum absolute atomic E-state index is 13.0. The molecule has 0 aliphatic carbocycles. The lowest BCUT2D eigenvalue weighted by molar-refractivity contribution is 0.0716. The maximum Gasteiger partial charge on any atom is 0.409 e. The van der Waals surface area contributed by atoms with Gasteiger partial charge in [0, 0.05) is 31.7 Å². The fourth-order valence-corrected chi connectivity index (χ4v) is 5.40. The second-order valence-electron chi connectivity index (χ2n) is 8.38. The Balaban J connectivity index is 1.19. The van der Waals surface area contributed by atoms with Crippen molar-refractivity contribution in [2.24, 2.45) is 0 Å². The van der Waals surface area contributed by atoms with Crippen LogP contribution in [0.5, 0.6) is 11.5 Å². The van der Waals surface area contributed by atoms with E-state index >= 15 is 0 Å². The number of aromatic nitrogens is 2. The number of ether oxygens (including phenoxy) is 3. The second kappa shape index (κ2) is 10.7. The number of nitrogens with zero attached hydrogens (tertiary/aromatic N) is 4. The molecule has 1 fully saturated rings. The van der Waals surface area contributed by atoms with Gasteiger partial charge in [-0.2, -0.15) is 4.31 Å². The van der Waals surface area contributed by atoms with E-state index in [9.17, 15) is 18.0 Å². The first-order chi connectivity index (χ1) is 18.3. The first-order valence-electron chi connectivity index (χ1n) is 11.9. The molecule has 13 nitrogen and oxygen atoms in total. The molecular formula is C24H25N5O8S. The molecule has 1 atom stereocenters. The molecule has 3 heterocycles. The van der Waals surface area contributed by atoms with Gasteiger partial charge >= 0.3 is 12.1 Å². The van der Waals surface area contributed by atoms with Crippen LogP contribution in [-0.2, 0) is 14.8 Å². The summed E-state index contributed by atoms with van der Waals surface area (Å²) in [5.41, 5.74) is 0.196. The van der Waals surface area contributed by atoms with E-state index in [4.69, 9.17) is 18.6 Å². The molecule has 14 heteroatoms. The number of carbonyl (C=O) groups is 2. The lowest BCUT2D eigenvalue weighted by Crippen LogP contribution is -2.50. The van der Waals surface area contributed by atoms with Crippen molar-refractivity contribution in [3.63, 3.8) is 0 Å². The molecule has 1 unspecified atom stereocenters. The van der Waals surface area contributed by atoms with E-state index in [2.05, 4.69) is 15.5 Å². The normalized spacial score (nSPS) is 17.6. The van der Waals surface area contributed by atoms with Crippen LogP contribution in [0, 0.1) is 0 Å². The summed E-state index contributed by atoms with van der Waals surface area (Å²) < 4.78 is 49.3. The van der Waals surface area contributed by atoms with E-state index in [1.54, 1.807) is 19.1 Å². The minimum atomic E-state index is -3.80. The van der Waals surface area contributed by atoms with E-state index in [1.807, 2.05) is 12.1 Å². The molecule has 0 spiro atoms. The predicted octanol–water partition coefficient (Wildman–Crippen LogP) is 2.30. The van der Waals surface area contributed by atoms with Gasteiger partial charge in [-0.25, -0.2) is 13.2 Å². The highest BCUT2D eigenvalue weighted by Gasteiger charge is 2.31. The SMILES string of the molecule is CCOC(=O)N1CCN(S(=O)(=O)c2ccc(C(=O)Nc3nnc(C4COc5ccccc5O4)o3)cc2)CC1. The molecule has 5 rings (SSSR count). The molecule has 1 N–H and O–H groups in total. The van der Waals surface area contributed by atoms with Gasteiger partial charge in [0.05, 0.1) is 11.5 Å². The number of piperazine rings is 1. The monoisotopic (exact) mass is 543 g/mol. The molecule has 3 aromatic rings. The van der Waals surface area contributed by atoms with Crippen LogP contribution in [0.1, 0.15) is 29.3 Å². The topological polar surface area (TPSA) is 153 Å². The third kappa shape index (κ3) is 5.26. The summed E-state index contributed by atoms with van der Waals surface area (Å²) in [5.74, 6) is 0.738. The first kappa shape index (κ1) is 25.5. The van der Waals surface area contributed by atoms with Crippen molar-refractivity contribution in [3.05, 3.63) is 60.0 Å². The van der Waals surface area contributed by atoms with Crippen LogP contribution in [0.3, 0.4) is 0 Å². The van der Waals surface area contributed by atoms with Crippen molar-refractivity contribution < 1.29 is 36.6 Å². The summed E-state index contributed by atoms with van der Waals surface area (Å²) in [4.78, 5) is 26.0. The maximum atomic E-state index is 13.0. The van der Waals surface area contributed by atoms with E-state index in [-0.39, 0.29) is 61.8 Å². The molecule has 2 aliphatic rings. The van der Waals surface area contributed by atoms with Gasteiger partial charge in [0.25, 0.3) is 11.8 Å². The summed E-state index contributed by atoms with van der Waals surface area (Å²) in [6.45, 7) is 2.88. The minimum absolute atomic E-state index is 0.0356. The third-order valence-corrected chi connectivity index (χ3v) is 7.88. The number of sulfonamides is 1. The summed E-state index contributed by atoms with van der Waals surface area (Å²) >= 11 is 0. The summed E-state index contributed by atoms with van der Waals surface area (Å²) in [6, 6.07) is 12.5. The average molecular weight is 544 g/mol. The number of fused-ring (bicyclic) bond motifs is 1. The van der Waals surface area contributed by atoms with Crippen LogP contribution < -0.4 is 14.8 Å². The minimum Gasteiger partial charge on any atom is -0.485 e. The van der Waals surface area contributed by atoms with Crippen LogP contribution in [0.4, 0.5) is 10.8 Å². The van der Waals surface area contributed by atoms with Crippen molar-refractivity contribution in [3.8, 4) is 11.5 Å². The van der Waals surface area contributed by atoms with Gasteiger partial charge in [-0.15, -0.1) is 5.10 Å². The predicted molar refractivity (Wildman–Crippen MR) is 131 cm³/mol. The van der Waals surface area contributed by atoms with Gasteiger partial charge in [0.1, 0.15) is 6.61 Å². The number of carbonyl (C=O) groups excluding carboxylic acids is 2. The number of para-hydroxylation sites is 2. The Kier molecular flexibility index (Phi) is 7.15. The first-order valence-corrected chi connectivity index (χ1v) is 13.3. The quantitative estimate of drug-likeness (QED) is 0.490. The largest absolute Gasteiger partial charge is 0.485 e. The van der Waals surface area contributed by atoms with Crippen LogP contribution in [0.2, 0.25) is 0 Å². The molecule has 1 saturated heterocycles. The molecule has 2 aliphatic heterocycles. The fourth-order valence-electron chi connectivity index (χ4n) is 3.98. The average Bonchev–Trinajstić information content (AvgIpc) is 3.41. The molecule has 2 aromatic carbocycles. The molecule has 0 bridgehead atoms. The molecular weight excluding hydrogens is 518 g/mol. The molecule has 2 amide bonds. The van der Waals surface area contributed by atoms with Gasteiger partial charge in [-0.1, -0.05) is 17.2 Å². The zero-order chi connectivity index (χ0) is 26.7. The molecule has 0 radical (unpaired) electrons. The molecule has 1 aromatic heterocycles. The Morgan fingerprint density at radius 2 is 1.74 bits per heavy atom. The van der Waals surface area contributed by atoms with Crippen LogP contribution in [0.25, 0.3) is 0 Å². The van der Waals surface area contributed by atoms with Gasteiger partial charge in [-0.3, -0.25) is 10.1 Å². The third-order valence-electron chi connectivity index (χ3n) is 5.96. The van der Waals surface area contributed by atoms with Crippen LogP contribution >= 0.6 is 0 Å². The van der Waals surface area contributed by atoms with Crippen molar-refractivity contribution in [2.45, 2.75) is 17.9 Å². The summed E-state index contributed by atoms with van der Waals surface area (Å²) in [5, 5.41) is 10.3. The van der Waals surface area contributed by atoms with Crippen LogP contribution in [0.15, 0.2) is 57.8 Å². The number of rotatable bonds is 6. The molecule has 0 saturated carbocycles. The van der Waals surface area contributed by atoms with E-state index in [0.29, 0.717) is 11.5 Å². The lowest BCUT2D eigenvalue weighted by Gasteiger charge is -2.33. The Morgan fingerprint density at radius 1 is 1.03 bits per heavy atom. The zero-order valence-electron chi connectivity index (χ0n) is 20.4. The number of nitrogens with one attached hydrogen (secondary N) is 1. The Hall–Kier alpha value is -4.17. The highest BCUT2D eigenvalue weighted by molar-refractivity contribution is 7.89. The number of hydrogen-bond donors (Lipinski definition) is 1.